The van der Waals surface area contributed by atoms with Crippen LogP contribution >= 0.6 is 15.9 Å². The molecule has 2 rings (SSSR count). The minimum absolute atomic E-state index is 0.0968. The van der Waals surface area contributed by atoms with Crippen molar-refractivity contribution in [3.05, 3.63) is 45.8 Å². The normalized spacial score (nSPS) is 10.8. The van der Waals surface area contributed by atoms with Crippen molar-refractivity contribution in [3.8, 4) is 11.3 Å². The summed E-state index contributed by atoms with van der Waals surface area (Å²) >= 11 is 3.25. The van der Waals surface area contributed by atoms with Gasteiger partial charge in [-0.3, -0.25) is 0 Å². The van der Waals surface area contributed by atoms with Gasteiger partial charge in [-0.05, 0) is 47.0 Å². The van der Waals surface area contributed by atoms with Gasteiger partial charge < -0.3 is 0 Å². The summed E-state index contributed by atoms with van der Waals surface area (Å²) in [4.78, 5) is 8.43. The fourth-order valence-corrected chi connectivity index (χ4v) is 2.24. The molecule has 0 saturated carbocycles. The summed E-state index contributed by atoms with van der Waals surface area (Å²) in [6.07, 6.45) is 1.54. The number of aromatic nitrogens is 2. The molecule has 0 saturated heterocycles. The first-order chi connectivity index (χ1) is 9.02. The number of aryl methyl sites for hydroxylation is 2. The molecule has 1 aromatic carbocycles. The lowest BCUT2D eigenvalue weighted by molar-refractivity contribution is 0.582. The second kappa shape index (κ2) is 5.74. The molecule has 0 aliphatic rings. The maximum atomic E-state index is 14.1. The van der Waals surface area contributed by atoms with Crippen molar-refractivity contribution in [1.82, 2.24) is 9.97 Å². The molecule has 0 aliphatic heterocycles. The predicted molar refractivity (Wildman–Crippen MR) is 73.8 cm³/mol. The molecule has 2 nitrogen and oxygen atoms in total. The average Bonchev–Trinajstić information content (AvgIpc) is 2.34. The summed E-state index contributed by atoms with van der Waals surface area (Å²) in [5.74, 6) is -0.614. The third-order valence-electron chi connectivity index (χ3n) is 2.76. The van der Waals surface area contributed by atoms with E-state index >= 15 is 0 Å². The van der Waals surface area contributed by atoms with Gasteiger partial charge in [0.15, 0.2) is 0 Å². The van der Waals surface area contributed by atoms with Crippen LogP contribution < -0.4 is 0 Å². The van der Waals surface area contributed by atoms with Gasteiger partial charge in [0.05, 0.1) is 11.3 Å². The summed E-state index contributed by atoms with van der Waals surface area (Å²) in [7, 11) is 0. The molecule has 5 heteroatoms. The Morgan fingerprint density at radius 1 is 1.21 bits per heavy atom. The van der Waals surface area contributed by atoms with Crippen LogP contribution in [-0.2, 0) is 6.42 Å². The Kier molecular flexibility index (Phi) is 4.24. The molecular weight excluding hydrogens is 314 g/mol. The van der Waals surface area contributed by atoms with Crippen molar-refractivity contribution in [2.45, 2.75) is 26.7 Å². The van der Waals surface area contributed by atoms with Gasteiger partial charge in [-0.2, -0.15) is 0 Å². The van der Waals surface area contributed by atoms with E-state index in [9.17, 15) is 8.78 Å². The molecule has 0 unspecified atom stereocenters. The first-order valence-corrected chi connectivity index (χ1v) is 6.80. The van der Waals surface area contributed by atoms with E-state index in [-0.39, 0.29) is 11.3 Å². The van der Waals surface area contributed by atoms with E-state index in [0.29, 0.717) is 22.4 Å². The molecule has 0 amide bonds. The molecule has 0 N–H and O–H groups in total. The van der Waals surface area contributed by atoms with E-state index in [1.807, 2.05) is 6.92 Å². The van der Waals surface area contributed by atoms with Gasteiger partial charge >= 0.3 is 0 Å². The molecule has 19 heavy (non-hydrogen) atoms. The van der Waals surface area contributed by atoms with E-state index in [4.69, 9.17) is 0 Å². The van der Waals surface area contributed by atoms with Crippen molar-refractivity contribution in [1.29, 1.82) is 0 Å². The summed E-state index contributed by atoms with van der Waals surface area (Å²) < 4.78 is 28.5. The van der Waals surface area contributed by atoms with Gasteiger partial charge in [0.25, 0.3) is 0 Å². The Hall–Kier alpha value is -1.36. The monoisotopic (exact) mass is 326 g/mol. The number of hydrogen-bond donors (Lipinski definition) is 0. The zero-order chi connectivity index (χ0) is 14.0. The molecule has 0 radical (unpaired) electrons. The zero-order valence-corrected chi connectivity index (χ0v) is 12.3. The van der Waals surface area contributed by atoms with Gasteiger partial charge in [-0.1, -0.05) is 13.0 Å². The number of benzene rings is 1. The van der Waals surface area contributed by atoms with Crippen LogP contribution in [-0.4, -0.2) is 9.97 Å². The molecule has 2 aromatic rings. The van der Waals surface area contributed by atoms with Crippen LogP contribution in [0.1, 0.15) is 24.7 Å². The van der Waals surface area contributed by atoms with Gasteiger partial charge in [0, 0.05) is 6.42 Å². The van der Waals surface area contributed by atoms with Crippen LogP contribution in [0.4, 0.5) is 8.78 Å². The van der Waals surface area contributed by atoms with Crippen LogP contribution in [0.5, 0.6) is 0 Å². The first kappa shape index (κ1) is 14.1. The van der Waals surface area contributed by atoms with Gasteiger partial charge in [-0.15, -0.1) is 0 Å². The highest BCUT2D eigenvalue weighted by atomic mass is 79.9. The maximum Gasteiger partial charge on any atom is 0.138 e. The van der Waals surface area contributed by atoms with Crippen LogP contribution in [0.25, 0.3) is 11.3 Å². The van der Waals surface area contributed by atoms with E-state index in [2.05, 4.69) is 25.9 Å². The van der Waals surface area contributed by atoms with Crippen LogP contribution in [0.3, 0.4) is 0 Å². The van der Waals surface area contributed by atoms with E-state index in [1.54, 1.807) is 6.92 Å². The van der Waals surface area contributed by atoms with E-state index in [1.165, 1.54) is 18.2 Å². The Bertz CT molecular complexity index is 615. The molecular formula is C14H13BrF2N2. The molecule has 100 valence electrons. The van der Waals surface area contributed by atoms with Crippen molar-refractivity contribution in [2.24, 2.45) is 0 Å². The third-order valence-corrected chi connectivity index (χ3v) is 3.16. The summed E-state index contributed by atoms with van der Waals surface area (Å²) in [6.45, 7) is 3.60. The Labute approximate surface area is 119 Å². The van der Waals surface area contributed by atoms with Crippen molar-refractivity contribution in [3.63, 3.8) is 0 Å². The number of hydrogen-bond acceptors (Lipinski definition) is 2. The lowest BCUT2D eigenvalue weighted by Gasteiger charge is -2.08. The number of rotatable bonds is 3. The Morgan fingerprint density at radius 2 is 1.95 bits per heavy atom. The minimum atomic E-state index is -0.615. The van der Waals surface area contributed by atoms with Crippen LogP contribution in [0.15, 0.2) is 22.8 Å². The molecule has 0 fully saturated rings. The molecule has 0 bridgehead atoms. The third kappa shape index (κ3) is 2.97. The van der Waals surface area contributed by atoms with Crippen LogP contribution in [0, 0.1) is 18.6 Å². The fourth-order valence-electron chi connectivity index (χ4n) is 1.82. The molecule has 0 aliphatic carbocycles. The molecule has 1 heterocycles. The second-order valence-electron chi connectivity index (χ2n) is 4.30. The fraction of sp³-hybridized carbons (Fsp3) is 0.286. The SMILES string of the molecule is CCCc1nc(Br)cc(-c2c(F)ccc(C)c2F)n1. The Morgan fingerprint density at radius 3 is 2.63 bits per heavy atom. The predicted octanol–water partition coefficient (Wildman–Crippen LogP) is 4.45. The van der Waals surface area contributed by atoms with Crippen molar-refractivity contribution >= 4 is 15.9 Å². The summed E-state index contributed by atoms with van der Waals surface area (Å²) in [6, 6.07) is 4.20. The Balaban J connectivity index is 2.62. The highest BCUT2D eigenvalue weighted by molar-refractivity contribution is 9.10. The lowest BCUT2D eigenvalue weighted by atomic mass is 10.1. The quantitative estimate of drug-likeness (QED) is 0.779. The van der Waals surface area contributed by atoms with Gasteiger partial charge in [-0.25, -0.2) is 18.7 Å². The number of nitrogens with zero attached hydrogens (tertiary/aromatic N) is 2. The van der Waals surface area contributed by atoms with Crippen molar-refractivity contribution < 1.29 is 8.78 Å². The highest BCUT2D eigenvalue weighted by Crippen LogP contribution is 2.28. The zero-order valence-electron chi connectivity index (χ0n) is 10.7. The molecule has 0 atom stereocenters. The van der Waals surface area contributed by atoms with Gasteiger partial charge in [0.2, 0.25) is 0 Å². The minimum Gasteiger partial charge on any atom is -0.233 e. The smallest absolute Gasteiger partial charge is 0.138 e. The van der Waals surface area contributed by atoms with Gasteiger partial charge in [0.1, 0.15) is 22.1 Å². The second-order valence-corrected chi connectivity index (χ2v) is 5.11. The molecule has 0 spiro atoms. The van der Waals surface area contributed by atoms with Crippen LogP contribution in [0.2, 0.25) is 0 Å². The van der Waals surface area contributed by atoms with Crippen molar-refractivity contribution in [2.75, 3.05) is 0 Å². The molecule has 1 aromatic heterocycles. The standard InChI is InChI=1S/C14H13BrF2N2/c1-3-4-12-18-10(7-11(15)19-12)13-9(16)6-5-8(2)14(13)17/h5-7H,3-4H2,1-2H3. The first-order valence-electron chi connectivity index (χ1n) is 6.01. The summed E-state index contributed by atoms with van der Waals surface area (Å²) in [5, 5.41) is 0. The maximum absolute atomic E-state index is 14.1. The summed E-state index contributed by atoms with van der Waals surface area (Å²) in [5.41, 5.74) is 0.563. The van der Waals surface area contributed by atoms with E-state index in [0.717, 1.165) is 6.42 Å². The topological polar surface area (TPSA) is 25.8 Å². The average molecular weight is 327 g/mol. The number of halogens is 3. The van der Waals surface area contributed by atoms with E-state index < -0.39 is 11.6 Å². The highest BCUT2D eigenvalue weighted by Gasteiger charge is 2.16. The lowest BCUT2D eigenvalue weighted by Crippen LogP contribution is -2.01. The largest absolute Gasteiger partial charge is 0.233 e.